The van der Waals surface area contributed by atoms with Crippen molar-refractivity contribution < 1.29 is 0 Å². The molecule has 1 aliphatic heterocycles. The van der Waals surface area contributed by atoms with Crippen LogP contribution in [0.25, 0.3) is 17.1 Å². The quantitative estimate of drug-likeness (QED) is 0.345. The van der Waals surface area contributed by atoms with Crippen LogP contribution in [0.2, 0.25) is 5.02 Å². The molecule has 0 amide bonds. The maximum Gasteiger partial charge on any atom is 0.204 e. The molecular formula is C26H27ClN6S. The van der Waals surface area contributed by atoms with E-state index < -0.39 is 0 Å². The van der Waals surface area contributed by atoms with Gasteiger partial charge in [0.2, 0.25) is 4.77 Å². The van der Waals surface area contributed by atoms with Crippen molar-refractivity contribution in [3.8, 4) is 17.1 Å². The van der Waals surface area contributed by atoms with E-state index in [0.29, 0.717) is 11.4 Å². The lowest BCUT2D eigenvalue weighted by Crippen LogP contribution is -2.47. The van der Waals surface area contributed by atoms with Gasteiger partial charge >= 0.3 is 0 Å². The number of hydrogen-bond donors (Lipinski definition) is 0. The van der Waals surface area contributed by atoms with Gasteiger partial charge in [0.15, 0.2) is 5.82 Å². The van der Waals surface area contributed by atoms with Crippen LogP contribution in [0.15, 0.2) is 67.0 Å². The van der Waals surface area contributed by atoms with Crippen molar-refractivity contribution in [1.82, 2.24) is 24.2 Å². The minimum Gasteiger partial charge on any atom is -0.368 e. The standard InChI is InChI=1S/C26H27ClN6S/c1-19-9-10-23(20(2)16-19)33-25(21-6-5-11-28-17-21)29-32(26(33)34)18-30-12-14-31(15-13-30)24-8-4-3-7-22(24)27/h3-11,16-17H,12-15,18H2,1-2H3. The fourth-order valence-corrected chi connectivity index (χ4v) is 5.02. The summed E-state index contributed by atoms with van der Waals surface area (Å²) >= 11 is 12.4. The zero-order valence-electron chi connectivity index (χ0n) is 19.4. The second-order valence-electron chi connectivity index (χ2n) is 8.67. The Kier molecular flexibility index (Phi) is 6.50. The van der Waals surface area contributed by atoms with E-state index in [1.54, 1.807) is 6.20 Å². The molecule has 8 heteroatoms. The second-order valence-corrected chi connectivity index (χ2v) is 9.44. The Morgan fingerprint density at radius 3 is 2.44 bits per heavy atom. The Morgan fingerprint density at radius 1 is 0.941 bits per heavy atom. The summed E-state index contributed by atoms with van der Waals surface area (Å²) in [6.45, 7) is 8.48. The summed E-state index contributed by atoms with van der Waals surface area (Å²) in [5.41, 5.74) is 5.46. The lowest BCUT2D eigenvalue weighted by Gasteiger charge is -2.36. The molecular weight excluding hydrogens is 464 g/mol. The molecule has 2 aromatic carbocycles. The summed E-state index contributed by atoms with van der Waals surface area (Å²) < 4.78 is 4.68. The lowest BCUT2D eigenvalue weighted by molar-refractivity contribution is 0.194. The molecule has 0 saturated carbocycles. The highest BCUT2D eigenvalue weighted by atomic mass is 35.5. The fourth-order valence-electron chi connectivity index (χ4n) is 4.48. The molecule has 4 aromatic rings. The SMILES string of the molecule is Cc1ccc(-n2c(-c3cccnc3)nn(CN3CCN(c4ccccc4Cl)CC3)c2=S)c(C)c1. The number of para-hydroxylation sites is 1. The number of halogens is 1. The molecule has 0 radical (unpaired) electrons. The molecule has 0 atom stereocenters. The third-order valence-electron chi connectivity index (χ3n) is 6.25. The predicted molar refractivity (Wildman–Crippen MR) is 140 cm³/mol. The smallest absolute Gasteiger partial charge is 0.204 e. The average Bonchev–Trinajstić information content (AvgIpc) is 3.16. The van der Waals surface area contributed by atoms with E-state index in [-0.39, 0.29) is 0 Å². The molecule has 2 aromatic heterocycles. The number of benzene rings is 2. The molecule has 6 nitrogen and oxygen atoms in total. The number of aryl methyl sites for hydroxylation is 2. The van der Waals surface area contributed by atoms with Crippen LogP contribution in [-0.4, -0.2) is 50.4 Å². The van der Waals surface area contributed by atoms with Crippen molar-refractivity contribution >= 4 is 29.5 Å². The van der Waals surface area contributed by atoms with Gasteiger partial charge in [-0.25, -0.2) is 4.68 Å². The van der Waals surface area contributed by atoms with Crippen LogP contribution in [0.3, 0.4) is 0 Å². The number of anilines is 1. The first-order valence-corrected chi connectivity index (χ1v) is 12.2. The lowest BCUT2D eigenvalue weighted by atomic mass is 10.1. The predicted octanol–water partition coefficient (Wildman–Crippen LogP) is 5.52. The third-order valence-corrected chi connectivity index (χ3v) is 6.96. The van der Waals surface area contributed by atoms with Gasteiger partial charge in [-0.05, 0) is 62.0 Å². The summed E-state index contributed by atoms with van der Waals surface area (Å²) in [7, 11) is 0. The molecule has 3 heterocycles. The second kappa shape index (κ2) is 9.70. The Morgan fingerprint density at radius 2 is 1.74 bits per heavy atom. The molecule has 5 rings (SSSR count). The van der Waals surface area contributed by atoms with Crippen molar-refractivity contribution in [2.24, 2.45) is 0 Å². The molecule has 0 aliphatic carbocycles. The van der Waals surface area contributed by atoms with Crippen LogP contribution in [0.4, 0.5) is 5.69 Å². The zero-order chi connectivity index (χ0) is 23.7. The summed E-state index contributed by atoms with van der Waals surface area (Å²) in [6.07, 6.45) is 3.61. The van der Waals surface area contributed by atoms with Crippen LogP contribution < -0.4 is 4.90 Å². The highest BCUT2D eigenvalue weighted by molar-refractivity contribution is 7.71. The van der Waals surface area contributed by atoms with Gasteiger partial charge in [-0.2, -0.15) is 0 Å². The first kappa shape index (κ1) is 22.8. The third kappa shape index (κ3) is 4.51. The zero-order valence-corrected chi connectivity index (χ0v) is 20.9. The van der Waals surface area contributed by atoms with Crippen molar-refractivity contribution in [3.63, 3.8) is 0 Å². The summed E-state index contributed by atoms with van der Waals surface area (Å²) in [6, 6.07) is 18.4. The van der Waals surface area contributed by atoms with E-state index >= 15 is 0 Å². The molecule has 34 heavy (non-hydrogen) atoms. The molecule has 0 unspecified atom stereocenters. The molecule has 174 valence electrons. The van der Waals surface area contributed by atoms with Crippen LogP contribution in [-0.2, 0) is 6.67 Å². The fraction of sp³-hybridized carbons (Fsp3) is 0.269. The van der Waals surface area contributed by atoms with E-state index in [0.717, 1.165) is 59.5 Å². The molecule has 0 bridgehead atoms. The molecule has 1 fully saturated rings. The topological polar surface area (TPSA) is 42.1 Å². The van der Waals surface area contributed by atoms with Crippen LogP contribution >= 0.6 is 23.8 Å². The van der Waals surface area contributed by atoms with E-state index in [9.17, 15) is 0 Å². The van der Waals surface area contributed by atoms with Crippen molar-refractivity contribution in [3.05, 3.63) is 87.9 Å². The van der Waals surface area contributed by atoms with Crippen molar-refractivity contribution in [2.75, 3.05) is 31.1 Å². The summed E-state index contributed by atoms with van der Waals surface area (Å²) in [5.74, 6) is 0.805. The van der Waals surface area contributed by atoms with E-state index in [1.807, 2.05) is 41.2 Å². The van der Waals surface area contributed by atoms with E-state index in [2.05, 4.69) is 57.5 Å². The van der Waals surface area contributed by atoms with Gasteiger partial charge in [-0.15, -0.1) is 5.10 Å². The van der Waals surface area contributed by atoms with Gasteiger partial charge in [0.05, 0.1) is 23.1 Å². The summed E-state index contributed by atoms with van der Waals surface area (Å²) in [5, 5.41) is 5.76. The van der Waals surface area contributed by atoms with Gasteiger partial charge in [-0.1, -0.05) is 41.4 Å². The largest absolute Gasteiger partial charge is 0.368 e. The van der Waals surface area contributed by atoms with Gasteiger partial charge < -0.3 is 4.90 Å². The van der Waals surface area contributed by atoms with Gasteiger partial charge in [-0.3, -0.25) is 14.5 Å². The minimum absolute atomic E-state index is 0.639. The number of pyridine rings is 1. The number of piperazine rings is 1. The first-order valence-electron chi connectivity index (χ1n) is 11.4. The van der Waals surface area contributed by atoms with E-state index in [4.69, 9.17) is 28.9 Å². The van der Waals surface area contributed by atoms with Crippen molar-refractivity contribution in [2.45, 2.75) is 20.5 Å². The first-order chi connectivity index (χ1) is 16.5. The Balaban J connectivity index is 1.43. The van der Waals surface area contributed by atoms with E-state index in [1.165, 1.54) is 5.56 Å². The number of aromatic nitrogens is 4. The molecule has 0 N–H and O–H groups in total. The van der Waals surface area contributed by atoms with Crippen molar-refractivity contribution in [1.29, 1.82) is 0 Å². The van der Waals surface area contributed by atoms with Gasteiger partial charge in [0, 0.05) is 44.1 Å². The van der Waals surface area contributed by atoms with Gasteiger partial charge in [0.1, 0.15) is 0 Å². The van der Waals surface area contributed by atoms with Crippen LogP contribution in [0.1, 0.15) is 11.1 Å². The number of nitrogens with zero attached hydrogens (tertiary/aromatic N) is 6. The average molecular weight is 491 g/mol. The molecule has 1 aliphatic rings. The Labute approximate surface area is 210 Å². The maximum absolute atomic E-state index is 6.41. The Hall–Kier alpha value is -3.00. The maximum atomic E-state index is 6.41. The molecule has 0 spiro atoms. The summed E-state index contributed by atoms with van der Waals surface area (Å²) in [4.78, 5) is 9.03. The highest BCUT2D eigenvalue weighted by Gasteiger charge is 2.22. The van der Waals surface area contributed by atoms with Crippen LogP contribution in [0.5, 0.6) is 0 Å². The number of rotatable bonds is 5. The highest BCUT2D eigenvalue weighted by Crippen LogP contribution is 2.27. The monoisotopic (exact) mass is 490 g/mol. The minimum atomic E-state index is 0.639. The Bertz CT molecular complexity index is 1360. The van der Waals surface area contributed by atoms with Crippen LogP contribution in [0, 0.1) is 18.6 Å². The normalized spacial score (nSPS) is 14.5. The number of hydrogen-bond acceptors (Lipinski definition) is 5. The van der Waals surface area contributed by atoms with Gasteiger partial charge in [0.25, 0.3) is 0 Å². The molecule has 1 saturated heterocycles.